The summed E-state index contributed by atoms with van der Waals surface area (Å²) in [5.41, 5.74) is 3.76. The van der Waals surface area contributed by atoms with Crippen molar-refractivity contribution in [2.24, 2.45) is 0 Å². The number of methoxy groups -OCH3 is 1. The molecule has 0 aliphatic carbocycles. The molecule has 170 valence electrons. The van der Waals surface area contributed by atoms with Crippen molar-refractivity contribution in [2.45, 2.75) is 12.6 Å². The van der Waals surface area contributed by atoms with Crippen LogP contribution in [0.15, 0.2) is 72.8 Å². The summed E-state index contributed by atoms with van der Waals surface area (Å²) >= 11 is 6.39. The van der Waals surface area contributed by atoms with E-state index < -0.39 is 11.0 Å². The quantitative estimate of drug-likeness (QED) is 0.298. The van der Waals surface area contributed by atoms with Gasteiger partial charge in [-0.1, -0.05) is 41.9 Å². The minimum Gasteiger partial charge on any atom is -0.497 e. The molecule has 0 spiro atoms. The number of halogens is 1. The number of ether oxygens (including phenoxy) is 1. The van der Waals surface area contributed by atoms with E-state index in [1.165, 1.54) is 12.1 Å². The van der Waals surface area contributed by atoms with E-state index in [2.05, 4.69) is 10.2 Å². The SMILES string of the molecule is COc1ccc(-c2n[nH]c3c2C(c2cccc([N+](=O)[O-])c2)N(Cc2ccccc2Cl)C3=O)cc1. The monoisotopic (exact) mass is 474 g/mol. The Hall–Kier alpha value is -4.17. The highest BCUT2D eigenvalue weighted by Crippen LogP contribution is 2.44. The zero-order valence-corrected chi connectivity index (χ0v) is 18.8. The predicted molar refractivity (Wildman–Crippen MR) is 127 cm³/mol. The predicted octanol–water partition coefficient (Wildman–Crippen LogP) is 5.39. The number of H-pyrrole nitrogens is 1. The Morgan fingerprint density at radius 2 is 1.88 bits per heavy atom. The van der Waals surface area contributed by atoms with Crippen LogP contribution in [0.5, 0.6) is 5.75 Å². The third kappa shape index (κ3) is 3.68. The highest BCUT2D eigenvalue weighted by atomic mass is 35.5. The van der Waals surface area contributed by atoms with Gasteiger partial charge in [0.2, 0.25) is 0 Å². The number of aromatic amines is 1. The number of nitrogens with zero attached hydrogens (tertiary/aromatic N) is 3. The summed E-state index contributed by atoms with van der Waals surface area (Å²) in [6, 6.07) is 20.4. The van der Waals surface area contributed by atoms with Gasteiger partial charge in [-0.3, -0.25) is 20.0 Å². The fourth-order valence-electron chi connectivity index (χ4n) is 4.29. The highest BCUT2D eigenvalue weighted by molar-refractivity contribution is 6.31. The zero-order chi connectivity index (χ0) is 23.8. The summed E-state index contributed by atoms with van der Waals surface area (Å²) in [7, 11) is 1.59. The molecule has 1 amide bonds. The third-order valence-corrected chi connectivity index (χ3v) is 6.29. The first-order chi connectivity index (χ1) is 16.5. The lowest BCUT2D eigenvalue weighted by atomic mass is 9.95. The molecule has 8 nitrogen and oxygen atoms in total. The van der Waals surface area contributed by atoms with Crippen molar-refractivity contribution in [3.63, 3.8) is 0 Å². The molecule has 0 saturated heterocycles. The van der Waals surface area contributed by atoms with Crippen LogP contribution in [0.3, 0.4) is 0 Å². The van der Waals surface area contributed by atoms with E-state index in [-0.39, 0.29) is 18.1 Å². The molecule has 2 heterocycles. The van der Waals surface area contributed by atoms with Crippen LogP contribution < -0.4 is 4.74 Å². The molecule has 1 unspecified atom stereocenters. The summed E-state index contributed by atoms with van der Waals surface area (Å²) in [6.45, 7) is 0.233. The van der Waals surface area contributed by atoms with Gasteiger partial charge in [-0.05, 0) is 41.5 Å². The number of carbonyl (C=O) groups excluding carboxylic acids is 1. The van der Waals surface area contributed by atoms with Crippen molar-refractivity contribution in [3.8, 4) is 17.0 Å². The maximum Gasteiger partial charge on any atom is 0.273 e. The number of carbonyl (C=O) groups is 1. The molecular formula is C25H19ClN4O4. The molecule has 34 heavy (non-hydrogen) atoms. The Morgan fingerprint density at radius 1 is 1.12 bits per heavy atom. The maximum atomic E-state index is 13.5. The summed E-state index contributed by atoms with van der Waals surface area (Å²) in [5.74, 6) is 0.446. The molecule has 4 aromatic rings. The number of amides is 1. The Labute approximate surface area is 199 Å². The third-order valence-electron chi connectivity index (χ3n) is 5.92. The second-order valence-electron chi connectivity index (χ2n) is 7.87. The Kier molecular flexibility index (Phi) is 5.51. The second-order valence-corrected chi connectivity index (χ2v) is 8.28. The van der Waals surface area contributed by atoms with Crippen molar-refractivity contribution in [2.75, 3.05) is 7.11 Å². The van der Waals surface area contributed by atoms with Gasteiger partial charge in [0.15, 0.2) is 0 Å². The van der Waals surface area contributed by atoms with Crippen LogP contribution in [0.2, 0.25) is 5.02 Å². The Balaban J connectivity index is 1.66. The van der Waals surface area contributed by atoms with Gasteiger partial charge in [0.1, 0.15) is 11.4 Å². The molecule has 1 atom stereocenters. The van der Waals surface area contributed by atoms with Crippen molar-refractivity contribution >= 4 is 23.2 Å². The van der Waals surface area contributed by atoms with Crippen LogP contribution in [0, 0.1) is 10.1 Å². The van der Waals surface area contributed by atoms with E-state index in [1.54, 1.807) is 30.2 Å². The number of nitrogens with one attached hydrogen (secondary N) is 1. The first kappa shape index (κ1) is 21.7. The second kappa shape index (κ2) is 8.64. The summed E-state index contributed by atoms with van der Waals surface area (Å²) in [5, 5.41) is 19.3. The summed E-state index contributed by atoms with van der Waals surface area (Å²) in [6.07, 6.45) is 0. The number of fused-ring (bicyclic) bond motifs is 1. The number of nitro benzene ring substituents is 1. The largest absolute Gasteiger partial charge is 0.497 e. The smallest absolute Gasteiger partial charge is 0.273 e. The number of hydrogen-bond acceptors (Lipinski definition) is 5. The maximum absolute atomic E-state index is 13.5. The average molecular weight is 475 g/mol. The lowest BCUT2D eigenvalue weighted by Gasteiger charge is -2.26. The van der Waals surface area contributed by atoms with Gasteiger partial charge in [-0.2, -0.15) is 5.10 Å². The van der Waals surface area contributed by atoms with Crippen LogP contribution >= 0.6 is 11.6 Å². The lowest BCUT2D eigenvalue weighted by Crippen LogP contribution is -2.29. The highest BCUT2D eigenvalue weighted by Gasteiger charge is 2.42. The first-order valence-electron chi connectivity index (χ1n) is 10.5. The molecule has 0 saturated carbocycles. The molecular weight excluding hydrogens is 456 g/mol. The molecule has 9 heteroatoms. The fourth-order valence-corrected chi connectivity index (χ4v) is 4.49. The van der Waals surface area contributed by atoms with Gasteiger partial charge in [0.25, 0.3) is 11.6 Å². The normalized spacial score (nSPS) is 14.8. The van der Waals surface area contributed by atoms with Crippen LogP contribution in [-0.4, -0.2) is 33.0 Å². The zero-order valence-electron chi connectivity index (χ0n) is 18.1. The van der Waals surface area contributed by atoms with Crippen molar-refractivity contribution < 1.29 is 14.5 Å². The van der Waals surface area contributed by atoms with Gasteiger partial charge < -0.3 is 9.64 Å². The van der Waals surface area contributed by atoms with Crippen LogP contribution in [0.4, 0.5) is 5.69 Å². The van der Waals surface area contributed by atoms with E-state index >= 15 is 0 Å². The standard InChI is InChI=1S/C25H19ClN4O4/c1-34-19-11-9-15(10-12-19)22-21-23(28-27-22)25(31)29(14-17-5-2-3-8-20(17)26)24(21)16-6-4-7-18(13-16)30(32)33/h2-13,24H,14H2,1H3,(H,27,28). The topological polar surface area (TPSA) is 101 Å². The van der Waals surface area contributed by atoms with Gasteiger partial charge in [-0.15, -0.1) is 0 Å². The molecule has 1 aliphatic rings. The number of nitro groups is 1. The van der Waals surface area contributed by atoms with E-state index in [4.69, 9.17) is 16.3 Å². The molecule has 0 bridgehead atoms. The molecule has 1 aromatic heterocycles. The van der Waals surface area contributed by atoms with Crippen LogP contribution in [0.25, 0.3) is 11.3 Å². The number of benzene rings is 3. The first-order valence-corrected chi connectivity index (χ1v) is 10.9. The fraction of sp³-hybridized carbons (Fsp3) is 0.120. The summed E-state index contributed by atoms with van der Waals surface area (Å²) < 4.78 is 5.25. The van der Waals surface area contributed by atoms with E-state index in [0.717, 1.165) is 11.1 Å². The van der Waals surface area contributed by atoms with Crippen LogP contribution in [0.1, 0.15) is 33.2 Å². The molecule has 0 fully saturated rings. The molecule has 3 aromatic carbocycles. The molecule has 1 N–H and O–H groups in total. The molecule has 1 aliphatic heterocycles. The van der Waals surface area contributed by atoms with E-state index in [9.17, 15) is 14.9 Å². The molecule has 0 radical (unpaired) electrons. The van der Waals surface area contributed by atoms with Crippen molar-refractivity contribution in [3.05, 3.63) is 110 Å². The van der Waals surface area contributed by atoms with Gasteiger partial charge in [0, 0.05) is 34.8 Å². The number of rotatable bonds is 6. The van der Waals surface area contributed by atoms with Crippen molar-refractivity contribution in [1.29, 1.82) is 0 Å². The minimum absolute atomic E-state index is 0.0504. The summed E-state index contributed by atoms with van der Waals surface area (Å²) in [4.78, 5) is 26.2. The lowest BCUT2D eigenvalue weighted by molar-refractivity contribution is -0.384. The Bertz CT molecular complexity index is 1400. The molecule has 5 rings (SSSR count). The Morgan fingerprint density at radius 3 is 2.59 bits per heavy atom. The number of aromatic nitrogens is 2. The van der Waals surface area contributed by atoms with Gasteiger partial charge >= 0.3 is 0 Å². The number of hydrogen-bond donors (Lipinski definition) is 1. The van der Waals surface area contributed by atoms with Gasteiger partial charge in [-0.25, -0.2) is 0 Å². The van der Waals surface area contributed by atoms with Crippen molar-refractivity contribution in [1.82, 2.24) is 15.1 Å². The van der Waals surface area contributed by atoms with E-state index in [0.29, 0.717) is 33.3 Å². The van der Waals surface area contributed by atoms with Gasteiger partial charge in [0.05, 0.1) is 23.8 Å². The van der Waals surface area contributed by atoms with E-state index in [1.807, 2.05) is 42.5 Å². The minimum atomic E-state index is -0.588. The number of non-ortho nitro benzene ring substituents is 1. The average Bonchev–Trinajstić information content (AvgIpc) is 3.40. The van der Waals surface area contributed by atoms with Crippen LogP contribution in [-0.2, 0) is 6.54 Å².